The molecule has 5 heterocycles. The van der Waals surface area contributed by atoms with E-state index in [1.165, 1.54) is 24.4 Å². The van der Waals surface area contributed by atoms with Crippen LogP contribution >= 0.6 is 0 Å². The lowest BCUT2D eigenvalue weighted by Crippen LogP contribution is -2.35. The van der Waals surface area contributed by atoms with Crippen LogP contribution < -0.4 is 5.32 Å². The number of fused-ring (bicyclic) bond motifs is 2. The summed E-state index contributed by atoms with van der Waals surface area (Å²) in [7, 11) is 0. The number of rotatable bonds is 7. The molecule has 1 N–H and O–H groups in total. The zero-order valence-electron chi connectivity index (χ0n) is 20.7. The normalized spacial score (nSPS) is 13.5. The Hall–Kier alpha value is -4.58. The van der Waals surface area contributed by atoms with Crippen molar-refractivity contribution in [3.05, 3.63) is 83.9 Å². The molecule has 39 heavy (non-hydrogen) atoms. The first-order valence-electron chi connectivity index (χ1n) is 12.4. The quantitative estimate of drug-likeness (QED) is 0.313. The number of nitrogens with zero attached hydrogens (tertiary/aromatic N) is 7. The Morgan fingerprint density at radius 2 is 1.87 bits per heavy atom. The summed E-state index contributed by atoms with van der Waals surface area (Å²) in [5.74, 6) is -1.38. The highest BCUT2D eigenvalue weighted by atomic mass is 19.1. The molecule has 0 fully saturated rings. The Labute approximate surface area is 220 Å². The smallest absolute Gasteiger partial charge is 0.257 e. The zero-order valence-corrected chi connectivity index (χ0v) is 20.7. The van der Waals surface area contributed by atoms with Crippen LogP contribution in [0.1, 0.15) is 22.5 Å². The average molecular weight is 533 g/mol. The summed E-state index contributed by atoms with van der Waals surface area (Å²) < 4.78 is 43.4. The monoisotopic (exact) mass is 532 g/mol. The summed E-state index contributed by atoms with van der Waals surface area (Å²) in [5.41, 5.74) is 4.35. The molecule has 0 spiro atoms. The summed E-state index contributed by atoms with van der Waals surface area (Å²) in [6, 6.07) is 12.2. The van der Waals surface area contributed by atoms with Gasteiger partial charge in [0, 0.05) is 43.0 Å². The molecule has 1 amide bonds. The van der Waals surface area contributed by atoms with Crippen molar-refractivity contribution in [3.8, 4) is 22.5 Å². The minimum atomic E-state index is -0.756. The van der Waals surface area contributed by atoms with Crippen LogP contribution in [0.5, 0.6) is 0 Å². The van der Waals surface area contributed by atoms with Gasteiger partial charge < -0.3 is 5.32 Å². The summed E-state index contributed by atoms with van der Waals surface area (Å²) in [6.45, 7) is 2.20. The van der Waals surface area contributed by atoms with Crippen LogP contribution in [0.4, 0.5) is 19.0 Å². The van der Waals surface area contributed by atoms with Gasteiger partial charge in [0.2, 0.25) is 5.95 Å². The maximum Gasteiger partial charge on any atom is 0.257 e. The first-order chi connectivity index (χ1) is 19.0. The standard InChI is InChI=1S/C27H23F3N8O/c28-9-1-11-36-12-13-37-21(15-36)25(26(35-37)17-2-4-19(29)5-3-17)20-6-7-24-32-23(16-38(24)34-20)33-27(39)18-8-10-31-22(30)14-18/h2-8,10,14,16H,1,9,11-13,15H2,(H,33,39). The molecule has 0 atom stereocenters. The lowest BCUT2D eigenvalue weighted by Gasteiger charge is -2.27. The number of hydrogen-bond donors (Lipinski definition) is 1. The number of imidazole rings is 1. The number of hydrogen-bond acceptors (Lipinski definition) is 6. The molecule has 0 radical (unpaired) electrons. The summed E-state index contributed by atoms with van der Waals surface area (Å²) in [4.78, 5) is 22.6. The molecule has 1 aromatic carbocycles. The van der Waals surface area contributed by atoms with E-state index in [1.54, 1.807) is 28.9 Å². The second kappa shape index (κ2) is 10.3. The molecular formula is C27H23F3N8O. The van der Waals surface area contributed by atoms with Gasteiger partial charge in [0.25, 0.3) is 5.91 Å². The number of aromatic nitrogens is 6. The number of pyridine rings is 1. The highest BCUT2D eigenvalue weighted by molar-refractivity contribution is 6.03. The van der Waals surface area contributed by atoms with Crippen molar-refractivity contribution >= 4 is 17.4 Å². The topological polar surface area (TPSA) is 93.2 Å². The van der Waals surface area contributed by atoms with E-state index in [1.807, 2.05) is 10.7 Å². The minimum absolute atomic E-state index is 0.112. The summed E-state index contributed by atoms with van der Waals surface area (Å²) >= 11 is 0. The number of nitrogens with one attached hydrogen (secondary N) is 1. The number of alkyl halides is 1. The van der Waals surface area contributed by atoms with Gasteiger partial charge in [-0.25, -0.2) is 18.9 Å². The fourth-order valence-electron chi connectivity index (χ4n) is 4.73. The van der Waals surface area contributed by atoms with Crippen molar-refractivity contribution < 1.29 is 18.0 Å². The lowest BCUT2D eigenvalue weighted by atomic mass is 10.0. The molecule has 0 saturated carbocycles. The molecule has 9 nitrogen and oxygen atoms in total. The largest absolute Gasteiger partial charge is 0.305 e. The molecule has 198 valence electrons. The van der Waals surface area contributed by atoms with E-state index in [2.05, 4.69) is 20.2 Å². The fraction of sp³-hybridized carbons (Fsp3) is 0.222. The van der Waals surface area contributed by atoms with Crippen molar-refractivity contribution in [3.63, 3.8) is 0 Å². The van der Waals surface area contributed by atoms with Crippen LogP contribution in [0.3, 0.4) is 0 Å². The van der Waals surface area contributed by atoms with Gasteiger partial charge in [-0.2, -0.15) is 14.6 Å². The van der Waals surface area contributed by atoms with Crippen LogP contribution in [0, 0.1) is 11.8 Å². The molecule has 0 unspecified atom stereocenters. The summed E-state index contributed by atoms with van der Waals surface area (Å²) in [5, 5.41) is 12.3. The van der Waals surface area contributed by atoms with Gasteiger partial charge in [-0.1, -0.05) is 0 Å². The Bertz CT molecular complexity index is 1660. The minimum Gasteiger partial charge on any atom is -0.305 e. The average Bonchev–Trinajstić information content (AvgIpc) is 3.52. The maximum absolute atomic E-state index is 13.7. The Balaban J connectivity index is 1.38. The number of anilines is 1. The van der Waals surface area contributed by atoms with Gasteiger partial charge in [0.15, 0.2) is 11.5 Å². The lowest BCUT2D eigenvalue weighted by molar-refractivity contribution is 0.102. The van der Waals surface area contributed by atoms with Gasteiger partial charge in [-0.15, -0.1) is 0 Å². The fourth-order valence-corrected chi connectivity index (χ4v) is 4.73. The van der Waals surface area contributed by atoms with E-state index in [4.69, 9.17) is 10.2 Å². The third-order valence-electron chi connectivity index (χ3n) is 6.59. The Kier molecular flexibility index (Phi) is 6.53. The van der Waals surface area contributed by atoms with E-state index in [-0.39, 0.29) is 23.9 Å². The number of benzene rings is 1. The van der Waals surface area contributed by atoms with Crippen LogP contribution in [0.15, 0.2) is 60.9 Å². The van der Waals surface area contributed by atoms with E-state index in [0.717, 1.165) is 29.4 Å². The number of carbonyl (C=O) groups is 1. The molecule has 12 heteroatoms. The van der Waals surface area contributed by atoms with Gasteiger partial charge in [-0.3, -0.25) is 18.8 Å². The first kappa shape index (κ1) is 24.7. The van der Waals surface area contributed by atoms with E-state index < -0.39 is 11.9 Å². The molecule has 4 aromatic heterocycles. The van der Waals surface area contributed by atoms with Crippen LogP contribution in [0.2, 0.25) is 0 Å². The Morgan fingerprint density at radius 1 is 1.03 bits per heavy atom. The van der Waals surface area contributed by atoms with E-state index in [9.17, 15) is 18.0 Å². The molecular weight excluding hydrogens is 509 g/mol. The molecule has 1 aliphatic rings. The third-order valence-corrected chi connectivity index (χ3v) is 6.59. The number of halogens is 3. The molecule has 1 aliphatic heterocycles. The van der Waals surface area contributed by atoms with Gasteiger partial charge in [0.05, 0.1) is 36.4 Å². The number of carbonyl (C=O) groups excluding carboxylic acids is 1. The van der Waals surface area contributed by atoms with Crippen LogP contribution in [-0.4, -0.2) is 59.9 Å². The van der Waals surface area contributed by atoms with E-state index >= 15 is 0 Å². The molecule has 0 aliphatic carbocycles. The van der Waals surface area contributed by atoms with Gasteiger partial charge in [-0.05, 0) is 48.9 Å². The third kappa shape index (κ3) is 4.98. The molecule has 0 bridgehead atoms. The van der Waals surface area contributed by atoms with Crippen molar-refractivity contribution in [1.82, 2.24) is 34.3 Å². The van der Waals surface area contributed by atoms with E-state index in [0.29, 0.717) is 43.1 Å². The van der Waals surface area contributed by atoms with Crippen molar-refractivity contribution in [1.29, 1.82) is 0 Å². The molecule has 6 rings (SSSR count). The van der Waals surface area contributed by atoms with Gasteiger partial charge in [0.1, 0.15) is 11.5 Å². The highest BCUT2D eigenvalue weighted by Gasteiger charge is 2.27. The highest BCUT2D eigenvalue weighted by Crippen LogP contribution is 2.36. The Morgan fingerprint density at radius 3 is 2.67 bits per heavy atom. The zero-order chi connectivity index (χ0) is 26.9. The summed E-state index contributed by atoms with van der Waals surface area (Å²) in [6.07, 6.45) is 3.23. The number of amides is 1. The SMILES string of the molecule is O=C(Nc1cn2nc(-c3c(-c4ccc(F)cc4)nn4c3CN(CCCF)CC4)ccc2n1)c1ccnc(F)c1. The van der Waals surface area contributed by atoms with Crippen LogP contribution in [0.25, 0.3) is 28.2 Å². The van der Waals surface area contributed by atoms with Gasteiger partial charge >= 0.3 is 0 Å². The second-order valence-corrected chi connectivity index (χ2v) is 9.19. The predicted molar refractivity (Wildman–Crippen MR) is 138 cm³/mol. The second-order valence-electron chi connectivity index (χ2n) is 9.19. The van der Waals surface area contributed by atoms with Crippen molar-refractivity contribution in [2.45, 2.75) is 19.5 Å². The first-order valence-corrected chi connectivity index (χ1v) is 12.4. The van der Waals surface area contributed by atoms with Crippen molar-refractivity contribution in [2.75, 3.05) is 25.1 Å². The maximum atomic E-state index is 13.7. The predicted octanol–water partition coefficient (Wildman–Crippen LogP) is 4.36. The molecule has 0 saturated heterocycles. The van der Waals surface area contributed by atoms with Crippen molar-refractivity contribution in [2.24, 2.45) is 0 Å². The van der Waals surface area contributed by atoms with Crippen LogP contribution in [-0.2, 0) is 13.1 Å². The molecule has 5 aromatic rings.